The monoisotopic (exact) mass is 279 g/mol. The Hall–Kier alpha value is -3.06. The van der Waals surface area contributed by atoms with Crippen LogP contribution in [0.5, 0.6) is 11.5 Å². The van der Waals surface area contributed by atoms with Gasteiger partial charge in [-0.2, -0.15) is 5.26 Å². The summed E-state index contributed by atoms with van der Waals surface area (Å²) >= 11 is 0. The smallest absolute Gasteiger partial charge is 0.328 e. The molecule has 0 bridgehead atoms. The molecule has 0 fully saturated rings. The predicted molar refractivity (Wildman–Crippen MR) is 78.9 cm³/mol. The van der Waals surface area contributed by atoms with E-state index in [1.54, 1.807) is 36.4 Å². The molecule has 0 amide bonds. The van der Waals surface area contributed by atoms with Crippen LogP contribution in [0.1, 0.15) is 11.1 Å². The van der Waals surface area contributed by atoms with Gasteiger partial charge in [0.15, 0.2) is 0 Å². The number of nitrogens with zero attached hydrogens (tertiary/aromatic N) is 1. The van der Waals surface area contributed by atoms with Crippen molar-refractivity contribution in [3.63, 3.8) is 0 Å². The molecule has 2 aromatic carbocycles. The summed E-state index contributed by atoms with van der Waals surface area (Å²) in [4.78, 5) is 10.5. The van der Waals surface area contributed by atoms with Crippen LogP contribution < -0.4 is 4.74 Å². The summed E-state index contributed by atoms with van der Waals surface area (Å²) in [5.74, 6) is 0.293. The molecule has 2 aromatic rings. The highest BCUT2D eigenvalue weighted by Gasteiger charge is 1.99. The minimum atomic E-state index is -0.991. The minimum Gasteiger partial charge on any atom is -0.478 e. The van der Waals surface area contributed by atoms with Crippen LogP contribution in [0, 0.1) is 11.3 Å². The van der Waals surface area contributed by atoms with Gasteiger partial charge in [-0.3, -0.25) is 0 Å². The molecule has 0 saturated heterocycles. The van der Waals surface area contributed by atoms with Crippen molar-refractivity contribution in [3.05, 3.63) is 65.7 Å². The van der Waals surface area contributed by atoms with Crippen molar-refractivity contribution in [2.45, 2.75) is 6.42 Å². The summed E-state index contributed by atoms with van der Waals surface area (Å²) in [5.41, 5.74) is 1.68. The number of hydrogen-bond donors (Lipinski definition) is 1. The number of hydrogen-bond acceptors (Lipinski definition) is 3. The minimum absolute atomic E-state index is 0.371. The van der Waals surface area contributed by atoms with Crippen LogP contribution in [-0.4, -0.2) is 11.1 Å². The van der Waals surface area contributed by atoms with E-state index < -0.39 is 5.97 Å². The van der Waals surface area contributed by atoms with Crippen molar-refractivity contribution in [2.75, 3.05) is 0 Å². The maximum Gasteiger partial charge on any atom is 0.328 e. The maximum atomic E-state index is 10.5. The number of aliphatic carboxylic acids is 1. The Morgan fingerprint density at radius 2 is 1.95 bits per heavy atom. The third-order valence-corrected chi connectivity index (χ3v) is 2.72. The quantitative estimate of drug-likeness (QED) is 0.848. The van der Waals surface area contributed by atoms with Gasteiger partial charge in [0.2, 0.25) is 0 Å². The van der Waals surface area contributed by atoms with Crippen LogP contribution in [0.15, 0.2) is 54.6 Å². The fourth-order valence-corrected chi connectivity index (χ4v) is 1.75. The fourth-order valence-electron chi connectivity index (χ4n) is 1.75. The average molecular weight is 279 g/mol. The first-order valence-corrected chi connectivity index (χ1v) is 6.32. The summed E-state index contributed by atoms with van der Waals surface area (Å²) < 4.78 is 5.69. The van der Waals surface area contributed by atoms with E-state index in [0.29, 0.717) is 17.9 Å². The van der Waals surface area contributed by atoms with Gasteiger partial charge in [0.25, 0.3) is 0 Å². The number of carboxylic acids is 1. The molecule has 0 saturated carbocycles. The van der Waals surface area contributed by atoms with Crippen LogP contribution in [0.3, 0.4) is 0 Å². The van der Waals surface area contributed by atoms with Gasteiger partial charge in [0.1, 0.15) is 11.5 Å². The Bertz CT molecular complexity index is 697. The second-order valence-electron chi connectivity index (χ2n) is 4.32. The molecule has 0 aliphatic heterocycles. The molecule has 4 nitrogen and oxygen atoms in total. The first-order chi connectivity index (χ1) is 10.2. The number of benzene rings is 2. The first kappa shape index (κ1) is 14.4. The van der Waals surface area contributed by atoms with Crippen LogP contribution >= 0.6 is 0 Å². The zero-order chi connectivity index (χ0) is 15.1. The second-order valence-corrected chi connectivity index (χ2v) is 4.32. The largest absolute Gasteiger partial charge is 0.478 e. The molecule has 0 heterocycles. The SMILES string of the molecule is N#CCc1ccc(Oc2cccc(C=CC(=O)O)c2)cc1. The molecule has 0 radical (unpaired) electrons. The molecular formula is C17H13NO3. The van der Waals surface area contributed by atoms with E-state index in [4.69, 9.17) is 15.1 Å². The first-order valence-electron chi connectivity index (χ1n) is 6.32. The molecule has 4 heteroatoms. The van der Waals surface area contributed by atoms with Gasteiger partial charge in [0.05, 0.1) is 12.5 Å². The summed E-state index contributed by atoms with van der Waals surface area (Å²) in [5, 5.41) is 17.2. The van der Waals surface area contributed by atoms with Gasteiger partial charge in [-0.15, -0.1) is 0 Å². The standard InChI is InChI=1S/C17H13NO3/c18-11-10-13-4-7-15(8-5-13)21-16-3-1-2-14(12-16)6-9-17(19)20/h1-9,12H,10H2,(H,19,20). The summed E-state index contributed by atoms with van der Waals surface area (Å²) in [7, 11) is 0. The third kappa shape index (κ3) is 4.51. The molecule has 21 heavy (non-hydrogen) atoms. The van der Waals surface area contributed by atoms with Crippen molar-refractivity contribution >= 4 is 12.0 Å². The number of carboxylic acid groups (broad SMARTS) is 1. The molecular weight excluding hydrogens is 266 g/mol. The van der Waals surface area contributed by atoms with Crippen molar-refractivity contribution < 1.29 is 14.6 Å². The second kappa shape index (κ2) is 6.92. The highest BCUT2D eigenvalue weighted by Crippen LogP contribution is 2.23. The number of rotatable bonds is 5. The molecule has 0 aliphatic carbocycles. The van der Waals surface area contributed by atoms with Crippen LogP contribution in [-0.2, 0) is 11.2 Å². The lowest BCUT2D eigenvalue weighted by Gasteiger charge is -2.06. The highest BCUT2D eigenvalue weighted by atomic mass is 16.5. The van der Waals surface area contributed by atoms with E-state index >= 15 is 0 Å². The lowest BCUT2D eigenvalue weighted by Crippen LogP contribution is -1.88. The van der Waals surface area contributed by atoms with Gasteiger partial charge in [-0.25, -0.2) is 4.79 Å². The van der Waals surface area contributed by atoms with Gasteiger partial charge in [-0.05, 0) is 41.5 Å². The molecule has 0 atom stereocenters. The predicted octanol–water partition coefficient (Wildman–Crippen LogP) is 3.64. The Balaban J connectivity index is 2.10. The molecule has 0 aromatic heterocycles. The Labute approximate surface area is 122 Å². The summed E-state index contributed by atoms with van der Waals surface area (Å²) in [6.07, 6.45) is 2.96. The summed E-state index contributed by atoms with van der Waals surface area (Å²) in [6.45, 7) is 0. The van der Waals surface area contributed by atoms with E-state index in [0.717, 1.165) is 17.2 Å². The summed E-state index contributed by atoms with van der Waals surface area (Å²) in [6, 6.07) is 16.5. The third-order valence-electron chi connectivity index (χ3n) is 2.72. The fraction of sp³-hybridized carbons (Fsp3) is 0.0588. The lowest BCUT2D eigenvalue weighted by atomic mass is 10.1. The van der Waals surface area contributed by atoms with Crippen LogP contribution in [0.2, 0.25) is 0 Å². The van der Waals surface area contributed by atoms with Crippen molar-refractivity contribution in [1.29, 1.82) is 5.26 Å². The van der Waals surface area contributed by atoms with Crippen molar-refractivity contribution in [1.82, 2.24) is 0 Å². The molecule has 104 valence electrons. The maximum absolute atomic E-state index is 10.5. The van der Waals surface area contributed by atoms with E-state index in [9.17, 15) is 4.79 Å². The normalized spacial score (nSPS) is 10.2. The number of ether oxygens (including phenoxy) is 1. The Kier molecular flexibility index (Phi) is 4.73. The molecule has 1 N–H and O–H groups in total. The van der Waals surface area contributed by atoms with E-state index in [1.165, 1.54) is 6.08 Å². The zero-order valence-corrected chi connectivity index (χ0v) is 11.2. The van der Waals surface area contributed by atoms with E-state index in [2.05, 4.69) is 6.07 Å². The molecule has 0 unspecified atom stereocenters. The van der Waals surface area contributed by atoms with Gasteiger partial charge in [-0.1, -0.05) is 24.3 Å². The van der Waals surface area contributed by atoms with Crippen LogP contribution in [0.25, 0.3) is 6.08 Å². The van der Waals surface area contributed by atoms with Crippen LogP contribution in [0.4, 0.5) is 0 Å². The lowest BCUT2D eigenvalue weighted by molar-refractivity contribution is -0.131. The topological polar surface area (TPSA) is 70.3 Å². The van der Waals surface area contributed by atoms with E-state index in [-0.39, 0.29) is 0 Å². The highest BCUT2D eigenvalue weighted by molar-refractivity contribution is 5.85. The van der Waals surface area contributed by atoms with Crippen molar-refractivity contribution in [3.8, 4) is 17.6 Å². The van der Waals surface area contributed by atoms with E-state index in [1.807, 2.05) is 12.1 Å². The van der Waals surface area contributed by atoms with Crippen molar-refractivity contribution in [2.24, 2.45) is 0 Å². The molecule has 2 rings (SSSR count). The number of carbonyl (C=O) groups is 1. The van der Waals surface area contributed by atoms with Gasteiger partial charge < -0.3 is 9.84 Å². The average Bonchev–Trinajstić information content (AvgIpc) is 2.48. The van der Waals surface area contributed by atoms with Gasteiger partial charge in [0, 0.05) is 6.08 Å². The van der Waals surface area contributed by atoms with Gasteiger partial charge >= 0.3 is 5.97 Å². The Morgan fingerprint density at radius 1 is 1.19 bits per heavy atom. The molecule has 0 aliphatic rings. The number of nitriles is 1. The zero-order valence-electron chi connectivity index (χ0n) is 11.2. The molecule has 0 spiro atoms. The Morgan fingerprint density at radius 3 is 2.62 bits per heavy atom.